The van der Waals surface area contributed by atoms with Crippen LogP contribution in [0.25, 0.3) is 17.0 Å². The van der Waals surface area contributed by atoms with Crippen molar-refractivity contribution < 1.29 is 18.0 Å². The summed E-state index contributed by atoms with van der Waals surface area (Å²) in [6.45, 7) is 0. The summed E-state index contributed by atoms with van der Waals surface area (Å²) in [7, 11) is 0. The van der Waals surface area contributed by atoms with Gasteiger partial charge in [-0.2, -0.15) is 13.2 Å². The van der Waals surface area contributed by atoms with Gasteiger partial charge in [0.15, 0.2) is 0 Å². The summed E-state index contributed by atoms with van der Waals surface area (Å²) in [5.74, 6) is -0.433. The van der Waals surface area contributed by atoms with E-state index in [1.807, 2.05) is 0 Å². The molecule has 0 aliphatic rings. The van der Waals surface area contributed by atoms with Crippen LogP contribution >= 0.6 is 11.6 Å². The molecule has 0 unspecified atom stereocenters. The topological polar surface area (TPSA) is 42.0 Å². The molecule has 0 spiro atoms. The van der Waals surface area contributed by atoms with E-state index in [1.165, 1.54) is 24.4 Å². The summed E-state index contributed by atoms with van der Waals surface area (Å²) in [5.41, 5.74) is 0.406. The van der Waals surface area contributed by atoms with Crippen LogP contribution in [0.3, 0.4) is 0 Å². The Kier molecular flexibility index (Phi) is 4.95. The number of carbonyl (C=O) groups excluding carboxylic acids is 1. The lowest BCUT2D eigenvalue weighted by molar-refractivity contribution is -0.137. The fourth-order valence-corrected chi connectivity index (χ4v) is 2.58. The Morgan fingerprint density at radius 3 is 2.62 bits per heavy atom. The van der Waals surface area contributed by atoms with Gasteiger partial charge < -0.3 is 5.32 Å². The molecule has 2 aromatic carbocycles. The van der Waals surface area contributed by atoms with Gasteiger partial charge in [0.2, 0.25) is 5.91 Å². The predicted octanol–water partition coefficient (Wildman–Crippen LogP) is 5.56. The Morgan fingerprint density at radius 2 is 1.88 bits per heavy atom. The molecule has 132 valence electrons. The molecule has 3 aromatic rings. The molecule has 1 amide bonds. The summed E-state index contributed by atoms with van der Waals surface area (Å²) in [5, 5.41) is 3.56. The number of amides is 1. The zero-order valence-corrected chi connectivity index (χ0v) is 14.0. The van der Waals surface area contributed by atoms with Crippen molar-refractivity contribution in [3.63, 3.8) is 0 Å². The fraction of sp³-hybridized carbons (Fsp3) is 0.0526. The molecule has 26 heavy (non-hydrogen) atoms. The molecule has 3 rings (SSSR count). The minimum Gasteiger partial charge on any atom is -0.322 e. The molecular formula is C19H12ClF3N2O. The molecule has 1 aromatic heterocycles. The van der Waals surface area contributed by atoms with Crippen molar-refractivity contribution in [2.45, 2.75) is 6.18 Å². The highest BCUT2D eigenvalue weighted by molar-refractivity contribution is 6.32. The van der Waals surface area contributed by atoms with Crippen LogP contribution in [0.2, 0.25) is 5.02 Å². The summed E-state index contributed by atoms with van der Waals surface area (Å²) in [6, 6.07) is 11.7. The summed E-state index contributed by atoms with van der Waals surface area (Å²) >= 11 is 6.01. The summed E-state index contributed by atoms with van der Waals surface area (Å²) in [4.78, 5) is 16.1. The average molecular weight is 377 g/mol. The van der Waals surface area contributed by atoms with E-state index in [4.69, 9.17) is 11.6 Å². The van der Waals surface area contributed by atoms with Crippen LogP contribution in [0.4, 0.5) is 18.9 Å². The molecule has 0 radical (unpaired) electrons. The maximum atomic E-state index is 12.8. The lowest BCUT2D eigenvalue weighted by atomic mass is 10.1. The van der Waals surface area contributed by atoms with Gasteiger partial charge in [0.25, 0.3) is 0 Å². The highest BCUT2D eigenvalue weighted by Crippen LogP contribution is 2.32. The highest BCUT2D eigenvalue weighted by Gasteiger charge is 2.30. The monoisotopic (exact) mass is 376 g/mol. The number of nitrogens with one attached hydrogen (secondary N) is 1. The number of rotatable bonds is 3. The molecule has 0 aliphatic heterocycles. The number of pyridine rings is 1. The molecular weight excluding hydrogens is 365 g/mol. The Hall–Kier alpha value is -2.86. The number of benzene rings is 2. The molecule has 1 N–H and O–H groups in total. The van der Waals surface area contributed by atoms with Crippen molar-refractivity contribution in [1.29, 1.82) is 0 Å². The third-order valence-corrected chi connectivity index (χ3v) is 3.99. The number of fused-ring (bicyclic) bond motifs is 1. The van der Waals surface area contributed by atoms with E-state index in [-0.39, 0.29) is 5.52 Å². The Morgan fingerprint density at radius 1 is 1.12 bits per heavy atom. The van der Waals surface area contributed by atoms with Crippen molar-refractivity contribution in [2.24, 2.45) is 0 Å². The number of hydrogen-bond donors (Lipinski definition) is 1. The standard InChI is InChI=1S/C19H12ClF3N2O/c20-15-4-2-1-3-12(15)5-8-18(26)25-16-9-10-24-17-11-13(19(21,22)23)6-7-14(16)17/h1-11H,(H,24,25,26)/b8-5+. The van der Waals surface area contributed by atoms with Gasteiger partial charge in [0.1, 0.15) is 0 Å². The fourth-order valence-electron chi connectivity index (χ4n) is 2.38. The second-order valence-electron chi connectivity index (χ2n) is 5.43. The Labute approximate surface area is 152 Å². The van der Waals surface area contributed by atoms with Gasteiger partial charge >= 0.3 is 6.18 Å². The van der Waals surface area contributed by atoms with Crippen molar-refractivity contribution in [3.8, 4) is 0 Å². The van der Waals surface area contributed by atoms with Gasteiger partial charge in [0.05, 0.1) is 16.8 Å². The molecule has 1 heterocycles. The maximum absolute atomic E-state index is 12.8. The van der Waals surface area contributed by atoms with Crippen LogP contribution in [-0.2, 0) is 11.0 Å². The van der Waals surface area contributed by atoms with E-state index in [0.29, 0.717) is 21.7 Å². The number of nitrogens with zero attached hydrogens (tertiary/aromatic N) is 1. The number of halogens is 4. The molecule has 3 nitrogen and oxygen atoms in total. The van der Waals surface area contributed by atoms with Crippen LogP contribution in [0, 0.1) is 0 Å². The molecule has 0 saturated heterocycles. The Bertz CT molecular complexity index is 999. The average Bonchev–Trinajstić information content (AvgIpc) is 2.60. The van der Waals surface area contributed by atoms with E-state index >= 15 is 0 Å². The van der Waals surface area contributed by atoms with Crippen LogP contribution in [-0.4, -0.2) is 10.9 Å². The quantitative estimate of drug-likeness (QED) is 0.608. The second kappa shape index (κ2) is 7.17. The van der Waals surface area contributed by atoms with E-state index in [2.05, 4.69) is 10.3 Å². The van der Waals surface area contributed by atoms with Crippen LogP contribution in [0.15, 0.2) is 60.8 Å². The zero-order valence-electron chi connectivity index (χ0n) is 13.2. The van der Waals surface area contributed by atoms with Crippen LogP contribution < -0.4 is 5.32 Å². The number of aromatic nitrogens is 1. The zero-order chi connectivity index (χ0) is 18.7. The van der Waals surface area contributed by atoms with Crippen LogP contribution in [0.1, 0.15) is 11.1 Å². The predicted molar refractivity (Wildman–Crippen MR) is 95.9 cm³/mol. The minimum atomic E-state index is -4.45. The first kappa shape index (κ1) is 17.9. The number of anilines is 1. The van der Waals surface area contributed by atoms with Gasteiger partial charge in [-0.1, -0.05) is 35.9 Å². The first-order valence-electron chi connectivity index (χ1n) is 7.54. The van der Waals surface area contributed by atoms with Crippen LogP contribution in [0.5, 0.6) is 0 Å². The van der Waals surface area contributed by atoms with E-state index in [1.54, 1.807) is 30.3 Å². The third kappa shape index (κ3) is 4.03. The van der Waals surface area contributed by atoms with E-state index in [0.717, 1.165) is 12.1 Å². The summed E-state index contributed by atoms with van der Waals surface area (Å²) in [6.07, 6.45) is -0.247. The van der Waals surface area contributed by atoms with Gasteiger partial charge in [-0.25, -0.2) is 0 Å². The largest absolute Gasteiger partial charge is 0.416 e. The maximum Gasteiger partial charge on any atom is 0.416 e. The minimum absolute atomic E-state index is 0.146. The second-order valence-corrected chi connectivity index (χ2v) is 5.84. The number of hydrogen-bond acceptors (Lipinski definition) is 2. The Balaban J connectivity index is 1.84. The molecule has 0 fully saturated rings. The number of alkyl halides is 3. The van der Waals surface area contributed by atoms with E-state index < -0.39 is 17.6 Å². The van der Waals surface area contributed by atoms with Crippen molar-refractivity contribution >= 4 is 40.2 Å². The number of carbonyl (C=O) groups is 1. The molecule has 0 bridgehead atoms. The lowest BCUT2D eigenvalue weighted by Crippen LogP contribution is -2.09. The van der Waals surface area contributed by atoms with Crippen molar-refractivity contribution in [3.05, 3.63) is 77.0 Å². The molecule has 0 atom stereocenters. The first-order valence-corrected chi connectivity index (χ1v) is 7.92. The van der Waals surface area contributed by atoms with Gasteiger partial charge in [0, 0.05) is 22.7 Å². The van der Waals surface area contributed by atoms with Crippen molar-refractivity contribution in [2.75, 3.05) is 5.32 Å². The molecule has 0 saturated carbocycles. The van der Waals surface area contributed by atoms with Crippen molar-refractivity contribution in [1.82, 2.24) is 4.98 Å². The van der Waals surface area contributed by atoms with Gasteiger partial charge in [-0.05, 0) is 35.9 Å². The van der Waals surface area contributed by atoms with Gasteiger partial charge in [-0.3, -0.25) is 9.78 Å². The molecule has 0 aliphatic carbocycles. The molecule has 7 heteroatoms. The smallest absolute Gasteiger partial charge is 0.322 e. The normalized spacial score (nSPS) is 11.8. The summed E-state index contributed by atoms with van der Waals surface area (Å²) < 4.78 is 38.4. The first-order chi connectivity index (χ1) is 12.3. The van der Waals surface area contributed by atoms with Gasteiger partial charge in [-0.15, -0.1) is 0 Å². The lowest BCUT2D eigenvalue weighted by Gasteiger charge is -2.10. The SMILES string of the molecule is O=C(/C=C/c1ccccc1Cl)Nc1ccnc2cc(C(F)(F)F)ccc12. The third-order valence-electron chi connectivity index (χ3n) is 3.65. The highest BCUT2D eigenvalue weighted by atomic mass is 35.5. The van der Waals surface area contributed by atoms with E-state index in [9.17, 15) is 18.0 Å².